The SMILES string of the molecule is CCN1C(=O)C2(CCN(C(=O)C3CC(F)(F)C3)CC2)c2ccccc21. The Morgan fingerprint density at radius 2 is 1.84 bits per heavy atom. The first-order valence-electron chi connectivity index (χ1n) is 8.96. The predicted molar refractivity (Wildman–Crippen MR) is 89.6 cm³/mol. The molecule has 1 saturated carbocycles. The van der Waals surface area contributed by atoms with Crippen LogP contribution in [0.2, 0.25) is 0 Å². The molecule has 1 saturated heterocycles. The molecule has 3 aliphatic rings. The third-order valence-electron chi connectivity index (χ3n) is 6.05. The van der Waals surface area contributed by atoms with E-state index in [9.17, 15) is 18.4 Å². The molecule has 2 amide bonds. The van der Waals surface area contributed by atoms with Gasteiger partial charge in [0.1, 0.15) is 0 Å². The van der Waals surface area contributed by atoms with Crippen LogP contribution in [0.1, 0.15) is 38.2 Å². The molecule has 4 rings (SSSR count). The van der Waals surface area contributed by atoms with Crippen molar-refractivity contribution in [2.24, 2.45) is 5.92 Å². The summed E-state index contributed by atoms with van der Waals surface area (Å²) in [7, 11) is 0. The lowest BCUT2D eigenvalue weighted by molar-refractivity contribution is -0.161. The van der Waals surface area contributed by atoms with Crippen LogP contribution in [0.3, 0.4) is 0 Å². The molecule has 0 atom stereocenters. The fourth-order valence-corrected chi connectivity index (χ4v) is 4.60. The molecule has 1 aliphatic carbocycles. The van der Waals surface area contributed by atoms with Gasteiger partial charge in [-0.3, -0.25) is 9.59 Å². The van der Waals surface area contributed by atoms with Crippen molar-refractivity contribution in [3.8, 4) is 0 Å². The summed E-state index contributed by atoms with van der Waals surface area (Å²) in [4.78, 5) is 29.0. The van der Waals surface area contributed by atoms with Gasteiger partial charge in [-0.05, 0) is 31.4 Å². The Hall–Kier alpha value is -1.98. The van der Waals surface area contributed by atoms with Gasteiger partial charge in [-0.25, -0.2) is 8.78 Å². The summed E-state index contributed by atoms with van der Waals surface area (Å²) in [5, 5.41) is 0. The van der Waals surface area contributed by atoms with E-state index in [1.165, 1.54) is 0 Å². The number of halogens is 2. The number of fused-ring (bicyclic) bond motifs is 2. The number of alkyl halides is 2. The second-order valence-electron chi connectivity index (χ2n) is 7.44. The molecule has 4 nitrogen and oxygen atoms in total. The first-order valence-corrected chi connectivity index (χ1v) is 8.96. The monoisotopic (exact) mass is 348 g/mol. The van der Waals surface area contributed by atoms with Crippen LogP contribution in [0.4, 0.5) is 14.5 Å². The van der Waals surface area contributed by atoms with E-state index in [1.807, 2.05) is 36.1 Å². The maximum absolute atomic E-state index is 13.1. The third-order valence-corrected chi connectivity index (χ3v) is 6.05. The van der Waals surface area contributed by atoms with E-state index in [0.717, 1.165) is 11.3 Å². The maximum atomic E-state index is 13.1. The number of hydrogen-bond donors (Lipinski definition) is 0. The van der Waals surface area contributed by atoms with E-state index >= 15 is 0 Å². The zero-order chi connectivity index (χ0) is 17.8. The lowest BCUT2D eigenvalue weighted by Gasteiger charge is -2.42. The van der Waals surface area contributed by atoms with Crippen molar-refractivity contribution >= 4 is 17.5 Å². The standard InChI is InChI=1S/C19H22F2N2O2/c1-2-23-15-6-4-3-5-14(15)18(17(23)25)7-9-22(10-8-18)16(24)13-11-19(20,21)12-13/h3-6,13H,2,7-12H2,1H3. The van der Waals surface area contributed by atoms with Gasteiger partial charge < -0.3 is 9.80 Å². The molecule has 1 aromatic rings. The molecule has 0 aromatic heterocycles. The van der Waals surface area contributed by atoms with Crippen LogP contribution in [-0.2, 0) is 15.0 Å². The number of amides is 2. The van der Waals surface area contributed by atoms with E-state index in [0.29, 0.717) is 32.5 Å². The van der Waals surface area contributed by atoms with Crippen LogP contribution < -0.4 is 4.90 Å². The molecule has 25 heavy (non-hydrogen) atoms. The van der Waals surface area contributed by atoms with Crippen molar-refractivity contribution in [3.05, 3.63) is 29.8 Å². The van der Waals surface area contributed by atoms with Crippen molar-refractivity contribution < 1.29 is 18.4 Å². The number of rotatable bonds is 2. The minimum absolute atomic E-state index is 0.110. The summed E-state index contributed by atoms with van der Waals surface area (Å²) in [5.41, 5.74) is 1.45. The average molecular weight is 348 g/mol. The number of carbonyl (C=O) groups excluding carboxylic acids is 2. The Labute approximate surface area is 145 Å². The molecule has 2 heterocycles. The van der Waals surface area contributed by atoms with E-state index < -0.39 is 17.3 Å². The molecule has 2 fully saturated rings. The van der Waals surface area contributed by atoms with Crippen LogP contribution in [-0.4, -0.2) is 42.3 Å². The number of anilines is 1. The largest absolute Gasteiger partial charge is 0.342 e. The van der Waals surface area contributed by atoms with Crippen molar-refractivity contribution in [3.63, 3.8) is 0 Å². The molecule has 0 bridgehead atoms. The van der Waals surface area contributed by atoms with E-state index in [1.54, 1.807) is 4.90 Å². The van der Waals surface area contributed by atoms with Crippen LogP contribution in [0.15, 0.2) is 24.3 Å². The summed E-state index contributed by atoms with van der Waals surface area (Å²) >= 11 is 0. The zero-order valence-electron chi connectivity index (χ0n) is 14.3. The normalized spacial score (nSPS) is 24.4. The molecule has 2 aliphatic heterocycles. The number of nitrogens with zero attached hydrogens (tertiary/aromatic N) is 2. The lowest BCUT2D eigenvalue weighted by Crippen LogP contribution is -2.53. The molecule has 6 heteroatoms. The highest BCUT2D eigenvalue weighted by Crippen LogP contribution is 2.49. The van der Waals surface area contributed by atoms with Gasteiger partial charge in [-0.2, -0.15) is 0 Å². The van der Waals surface area contributed by atoms with Crippen molar-refractivity contribution in [2.75, 3.05) is 24.5 Å². The van der Waals surface area contributed by atoms with Gasteiger partial charge in [0.2, 0.25) is 17.7 Å². The van der Waals surface area contributed by atoms with E-state index in [-0.39, 0.29) is 24.7 Å². The van der Waals surface area contributed by atoms with Crippen molar-refractivity contribution in [1.29, 1.82) is 0 Å². The van der Waals surface area contributed by atoms with Gasteiger partial charge in [0.25, 0.3) is 0 Å². The molecule has 0 unspecified atom stereocenters. The Morgan fingerprint density at radius 1 is 1.20 bits per heavy atom. The van der Waals surface area contributed by atoms with Crippen LogP contribution in [0.5, 0.6) is 0 Å². The Balaban J connectivity index is 1.51. The zero-order valence-corrected chi connectivity index (χ0v) is 14.3. The minimum Gasteiger partial charge on any atom is -0.342 e. The smallest absolute Gasteiger partial charge is 0.249 e. The van der Waals surface area contributed by atoms with E-state index in [2.05, 4.69) is 0 Å². The lowest BCUT2D eigenvalue weighted by atomic mass is 9.73. The molecule has 134 valence electrons. The molecule has 0 radical (unpaired) electrons. The van der Waals surface area contributed by atoms with Gasteiger partial charge in [0.05, 0.1) is 5.41 Å². The fraction of sp³-hybridized carbons (Fsp3) is 0.579. The number of likely N-dealkylation sites (N-methyl/N-ethyl adjacent to an activating group) is 1. The summed E-state index contributed by atoms with van der Waals surface area (Å²) in [6.45, 7) is 3.50. The number of piperidine rings is 1. The van der Waals surface area contributed by atoms with Gasteiger partial charge in [-0.15, -0.1) is 0 Å². The molecular weight excluding hydrogens is 326 g/mol. The first kappa shape index (κ1) is 16.5. The first-order chi connectivity index (χ1) is 11.9. The highest BCUT2D eigenvalue weighted by Gasteiger charge is 2.54. The highest BCUT2D eigenvalue weighted by molar-refractivity contribution is 6.08. The second-order valence-corrected chi connectivity index (χ2v) is 7.44. The Bertz CT molecular complexity index is 718. The quantitative estimate of drug-likeness (QED) is 0.824. The fourth-order valence-electron chi connectivity index (χ4n) is 4.60. The number of hydrogen-bond acceptors (Lipinski definition) is 2. The summed E-state index contributed by atoms with van der Waals surface area (Å²) in [5.74, 6) is -3.30. The van der Waals surface area contributed by atoms with Gasteiger partial charge in [0, 0.05) is 44.1 Å². The number of benzene rings is 1. The van der Waals surface area contributed by atoms with Crippen LogP contribution >= 0.6 is 0 Å². The summed E-state index contributed by atoms with van der Waals surface area (Å²) in [6.07, 6.45) is 0.458. The second kappa shape index (κ2) is 5.51. The van der Waals surface area contributed by atoms with Crippen molar-refractivity contribution in [1.82, 2.24) is 4.90 Å². The highest BCUT2D eigenvalue weighted by atomic mass is 19.3. The average Bonchev–Trinajstić information content (AvgIpc) is 2.81. The summed E-state index contributed by atoms with van der Waals surface area (Å²) < 4.78 is 26.1. The minimum atomic E-state index is -2.68. The molecule has 1 spiro atoms. The maximum Gasteiger partial charge on any atom is 0.249 e. The van der Waals surface area contributed by atoms with Crippen LogP contribution in [0.25, 0.3) is 0 Å². The van der Waals surface area contributed by atoms with Gasteiger partial charge in [-0.1, -0.05) is 18.2 Å². The molecule has 0 N–H and O–H groups in total. The Kier molecular flexibility index (Phi) is 3.63. The number of para-hydroxylation sites is 1. The predicted octanol–water partition coefficient (Wildman–Crippen LogP) is 2.96. The van der Waals surface area contributed by atoms with Crippen LogP contribution in [0, 0.1) is 5.92 Å². The van der Waals surface area contributed by atoms with E-state index in [4.69, 9.17) is 0 Å². The third kappa shape index (κ3) is 2.37. The number of likely N-dealkylation sites (tertiary alicyclic amines) is 1. The Morgan fingerprint density at radius 3 is 2.44 bits per heavy atom. The van der Waals surface area contributed by atoms with Gasteiger partial charge >= 0.3 is 0 Å². The molecule has 1 aromatic carbocycles. The van der Waals surface area contributed by atoms with Gasteiger partial charge in [0.15, 0.2) is 0 Å². The topological polar surface area (TPSA) is 40.6 Å². The number of carbonyl (C=O) groups is 2. The van der Waals surface area contributed by atoms with Crippen molar-refractivity contribution in [2.45, 2.75) is 43.9 Å². The summed E-state index contributed by atoms with van der Waals surface area (Å²) in [6, 6.07) is 7.86. The molecular formula is C19H22F2N2O2.